The van der Waals surface area contributed by atoms with Gasteiger partial charge in [0.25, 0.3) is 5.91 Å². The van der Waals surface area contributed by atoms with Crippen molar-refractivity contribution >= 4 is 29.1 Å². The highest BCUT2D eigenvalue weighted by atomic mass is 19.1. The molecule has 3 aliphatic rings. The first kappa shape index (κ1) is 25.1. The summed E-state index contributed by atoms with van der Waals surface area (Å²) in [5.41, 5.74) is 5.59. The Balaban J connectivity index is 1.58. The number of hydrogen-bond acceptors (Lipinski definition) is 10. The molecule has 0 saturated carbocycles. The first-order valence-corrected chi connectivity index (χ1v) is 11.4. The van der Waals surface area contributed by atoms with Crippen LogP contribution >= 0.6 is 0 Å². The number of nitrogens with zero attached hydrogens (tertiary/aromatic N) is 2. The Kier molecular flexibility index (Phi) is 5.61. The van der Waals surface area contributed by atoms with Crippen molar-refractivity contribution in [3.63, 3.8) is 0 Å². The number of anilines is 1. The molecule has 0 unspecified atom stereocenters. The molecule has 0 saturated heterocycles. The van der Waals surface area contributed by atoms with E-state index in [4.69, 9.17) is 11.5 Å². The third-order valence-corrected chi connectivity index (χ3v) is 7.36. The smallest absolute Gasteiger partial charge is 0.255 e. The number of phenolic OH excluding ortho intramolecular Hbond substituents is 1. The molecule has 0 bridgehead atoms. The van der Waals surface area contributed by atoms with Crippen LogP contribution in [0.4, 0.5) is 10.1 Å². The summed E-state index contributed by atoms with van der Waals surface area (Å²) in [4.78, 5) is 54.6. The van der Waals surface area contributed by atoms with Gasteiger partial charge in [-0.25, -0.2) is 9.37 Å². The molecule has 38 heavy (non-hydrogen) atoms. The number of Topliss-reactive ketones (excluding diaryl/α,β-unsaturated/α-hetero) is 2. The van der Waals surface area contributed by atoms with Crippen molar-refractivity contribution < 1.29 is 44.0 Å². The van der Waals surface area contributed by atoms with Crippen LogP contribution in [-0.2, 0) is 27.3 Å². The Morgan fingerprint density at radius 1 is 1.26 bits per heavy atom. The predicted molar refractivity (Wildman–Crippen MR) is 125 cm³/mol. The fraction of sp³-hybridized carbons (Fsp3) is 0.292. The second kappa shape index (κ2) is 8.49. The molecular weight excluding hydrogens is 505 g/mol. The molecule has 0 radical (unpaired) electrons. The summed E-state index contributed by atoms with van der Waals surface area (Å²) < 4.78 is 16.6. The van der Waals surface area contributed by atoms with Crippen LogP contribution in [0, 0.1) is 17.7 Å². The minimum absolute atomic E-state index is 0.208. The molecule has 5 rings (SSSR count). The van der Waals surface area contributed by atoms with Gasteiger partial charge in [0.2, 0.25) is 11.7 Å². The molecule has 4 atom stereocenters. The van der Waals surface area contributed by atoms with Crippen LogP contribution in [0.2, 0.25) is 0 Å². The van der Waals surface area contributed by atoms with Gasteiger partial charge in [-0.05, 0) is 18.8 Å². The third-order valence-electron chi connectivity index (χ3n) is 7.36. The molecule has 13 nitrogen and oxygen atoms in total. The van der Waals surface area contributed by atoms with Crippen LogP contribution in [-0.4, -0.2) is 65.0 Å². The number of aromatic hydroxyl groups is 1. The molecule has 1 heterocycles. The summed E-state index contributed by atoms with van der Waals surface area (Å²) in [6.45, 7) is -0.223. The number of halogens is 1. The molecule has 198 valence electrons. The van der Waals surface area contributed by atoms with Crippen molar-refractivity contribution in [2.24, 2.45) is 23.3 Å². The zero-order chi connectivity index (χ0) is 27.7. The van der Waals surface area contributed by atoms with Crippen molar-refractivity contribution in [2.75, 3.05) is 5.32 Å². The molecule has 3 aliphatic carbocycles. The van der Waals surface area contributed by atoms with Crippen molar-refractivity contribution in [1.82, 2.24) is 9.55 Å². The van der Waals surface area contributed by atoms with E-state index >= 15 is 4.39 Å². The number of nitrogens with two attached hydrogens (primary N) is 2. The number of carbonyl (C=O) groups excluding carboxylic acids is 4. The minimum atomic E-state index is -2.88. The van der Waals surface area contributed by atoms with E-state index in [2.05, 4.69) is 10.3 Å². The molecule has 9 N–H and O–H groups in total. The number of amides is 2. The molecule has 1 aromatic carbocycles. The van der Waals surface area contributed by atoms with E-state index in [0.29, 0.717) is 0 Å². The monoisotopic (exact) mass is 527 g/mol. The summed E-state index contributed by atoms with van der Waals surface area (Å²) in [7, 11) is 0. The number of fused-ring (bicyclic) bond motifs is 3. The first-order chi connectivity index (χ1) is 17.9. The van der Waals surface area contributed by atoms with Gasteiger partial charge in [-0.2, -0.15) is 0 Å². The number of aliphatic hydroxyl groups is 3. The number of benzene rings is 1. The maximum absolute atomic E-state index is 15.2. The van der Waals surface area contributed by atoms with Gasteiger partial charge < -0.3 is 41.8 Å². The summed E-state index contributed by atoms with van der Waals surface area (Å²) >= 11 is 0. The van der Waals surface area contributed by atoms with E-state index in [9.17, 15) is 39.6 Å². The summed E-state index contributed by atoms with van der Waals surface area (Å²) in [5.74, 6) is -10.6. The Hall–Kier alpha value is -4.56. The second-order valence-electron chi connectivity index (χ2n) is 9.47. The lowest BCUT2D eigenvalue weighted by Crippen LogP contribution is -2.63. The topological polar surface area (TPSA) is 231 Å². The molecule has 2 amide bonds. The number of aromatic nitrogens is 2. The Bertz CT molecular complexity index is 1500. The van der Waals surface area contributed by atoms with Crippen molar-refractivity contribution in [3.8, 4) is 5.75 Å². The lowest BCUT2D eigenvalue weighted by atomic mass is 9.59. The van der Waals surface area contributed by atoms with Gasteiger partial charge in [-0.3, -0.25) is 19.2 Å². The SMILES string of the molecule is NC(=O)C1=C(O)[C@@H](N)[C@@H]2C[C@@H]3Cc4c(F)cc(NC(=O)Cn5ccnc5)c(O)c4C(=O)C3=C(O)[C@]2(O)C1=O. The normalized spacial score (nSPS) is 26.6. The largest absolute Gasteiger partial charge is 0.510 e. The second-order valence-corrected chi connectivity index (χ2v) is 9.47. The molecule has 2 aromatic rings. The zero-order valence-electron chi connectivity index (χ0n) is 19.5. The maximum atomic E-state index is 15.2. The summed E-state index contributed by atoms with van der Waals surface area (Å²) in [6.07, 6.45) is 3.81. The third kappa shape index (κ3) is 3.41. The van der Waals surface area contributed by atoms with Crippen molar-refractivity contribution in [2.45, 2.75) is 31.0 Å². The Morgan fingerprint density at radius 3 is 2.61 bits per heavy atom. The fourth-order valence-electron chi connectivity index (χ4n) is 5.57. The van der Waals surface area contributed by atoms with Crippen molar-refractivity contribution in [3.05, 3.63) is 64.4 Å². The van der Waals surface area contributed by atoms with Gasteiger partial charge in [0.05, 0.1) is 23.6 Å². The van der Waals surface area contributed by atoms with Crippen LogP contribution < -0.4 is 16.8 Å². The number of nitrogens with one attached hydrogen (secondary N) is 1. The standard InChI is InChI=1S/C24H22FN5O8/c25-11-5-12(29-13(31)6-30-2-1-28-7-30)18(32)15-9(11)3-8-4-10-17(26)20(34)16(23(27)37)22(36)24(10,38)21(35)14(8)19(15)33/h1-2,5,7-8,10,17,32,34-35,38H,3-4,6,26H2,(H2,27,37)(H,29,31)/t8-,10-,17-,24-/m0/s1. The van der Waals surface area contributed by atoms with E-state index in [1.165, 1.54) is 23.3 Å². The van der Waals surface area contributed by atoms with Crippen LogP contribution in [0.3, 0.4) is 0 Å². The van der Waals surface area contributed by atoms with E-state index in [1.54, 1.807) is 0 Å². The number of imidazole rings is 1. The molecular formula is C24H22FN5O8. The number of phenols is 1. The summed E-state index contributed by atoms with van der Waals surface area (Å²) in [6, 6.07) is -0.656. The van der Waals surface area contributed by atoms with Gasteiger partial charge in [-0.1, -0.05) is 0 Å². The number of allylic oxidation sites excluding steroid dienone is 1. The average molecular weight is 527 g/mol. The van der Waals surface area contributed by atoms with Gasteiger partial charge >= 0.3 is 0 Å². The predicted octanol–water partition coefficient (Wildman–Crippen LogP) is -0.508. The number of aliphatic hydroxyl groups excluding tert-OH is 2. The Labute approximate surface area is 212 Å². The Morgan fingerprint density at radius 2 is 1.97 bits per heavy atom. The van der Waals surface area contributed by atoms with E-state index < -0.39 is 92.3 Å². The van der Waals surface area contributed by atoms with Gasteiger partial charge in [0.1, 0.15) is 29.5 Å². The number of ketones is 2. The molecule has 14 heteroatoms. The minimum Gasteiger partial charge on any atom is -0.510 e. The van der Waals surface area contributed by atoms with Crippen LogP contribution in [0.15, 0.2) is 47.5 Å². The first-order valence-electron chi connectivity index (χ1n) is 11.4. The summed E-state index contributed by atoms with van der Waals surface area (Å²) in [5, 5.41) is 45.9. The number of hydrogen-bond donors (Lipinski definition) is 7. The maximum Gasteiger partial charge on any atom is 0.255 e. The van der Waals surface area contributed by atoms with E-state index in [1.807, 2.05) is 0 Å². The zero-order valence-corrected chi connectivity index (χ0v) is 19.5. The van der Waals surface area contributed by atoms with Crippen molar-refractivity contribution in [1.29, 1.82) is 0 Å². The number of rotatable bonds is 4. The van der Waals surface area contributed by atoms with Gasteiger partial charge in [0.15, 0.2) is 17.1 Å². The highest BCUT2D eigenvalue weighted by molar-refractivity contribution is 6.25. The fourth-order valence-corrected chi connectivity index (χ4v) is 5.57. The number of primary amides is 1. The molecule has 0 aliphatic heterocycles. The van der Waals surface area contributed by atoms with Crippen LogP contribution in [0.5, 0.6) is 5.75 Å². The van der Waals surface area contributed by atoms with Crippen LogP contribution in [0.25, 0.3) is 0 Å². The highest BCUT2D eigenvalue weighted by Gasteiger charge is 2.62. The van der Waals surface area contributed by atoms with Gasteiger partial charge in [-0.15, -0.1) is 0 Å². The van der Waals surface area contributed by atoms with Crippen LogP contribution in [0.1, 0.15) is 22.3 Å². The number of carbonyl (C=O) groups is 4. The van der Waals surface area contributed by atoms with E-state index in [-0.39, 0.29) is 24.9 Å². The van der Waals surface area contributed by atoms with E-state index in [0.717, 1.165) is 6.07 Å². The quantitative estimate of drug-likeness (QED) is 0.199. The van der Waals surface area contributed by atoms with Gasteiger partial charge in [0, 0.05) is 35.5 Å². The highest BCUT2D eigenvalue weighted by Crippen LogP contribution is 2.52. The molecule has 1 aromatic heterocycles. The molecule has 0 spiro atoms. The average Bonchev–Trinajstić information content (AvgIpc) is 3.35. The molecule has 0 fully saturated rings. The lowest BCUT2D eigenvalue weighted by Gasteiger charge is -2.47. The lowest BCUT2D eigenvalue weighted by molar-refractivity contribution is -0.145.